The number of thiocarbonyl (C=S) groups is 1. The summed E-state index contributed by atoms with van der Waals surface area (Å²) in [5.74, 6) is 0. The van der Waals surface area contributed by atoms with Gasteiger partial charge >= 0.3 is 0 Å². The first kappa shape index (κ1) is 14.1. The molecule has 1 heterocycles. The minimum atomic E-state index is 0.365. The summed E-state index contributed by atoms with van der Waals surface area (Å²) in [6.45, 7) is 7.60. The van der Waals surface area contributed by atoms with Crippen LogP contribution in [0.25, 0.3) is 0 Å². The Kier molecular flexibility index (Phi) is 6.08. The highest BCUT2D eigenvalue weighted by atomic mass is 32.1. The highest BCUT2D eigenvalue weighted by molar-refractivity contribution is 7.80. The second-order valence-corrected chi connectivity index (χ2v) is 4.63. The van der Waals surface area contributed by atoms with Gasteiger partial charge in [-0.25, -0.2) is 0 Å². The van der Waals surface area contributed by atoms with Gasteiger partial charge in [0.25, 0.3) is 0 Å². The van der Waals surface area contributed by atoms with Gasteiger partial charge in [0.1, 0.15) is 4.99 Å². The Morgan fingerprint density at radius 1 is 1.35 bits per heavy atom. The first-order chi connectivity index (χ1) is 8.17. The van der Waals surface area contributed by atoms with Crippen molar-refractivity contribution in [1.29, 1.82) is 0 Å². The van der Waals surface area contributed by atoms with Gasteiger partial charge in [0.15, 0.2) is 0 Å². The summed E-state index contributed by atoms with van der Waals surface area (Å²) >= 11 is 4.94. The van der Waals surface area contributed by atoms with Crippen LogP contribution in [-0.2, 0) is 6.54 Å². The normalized spacial score (nSPS) is 10.8. The molecule has 17 heavy (non-hydrogen) atoms. The van der Waals surface area contributed by atoms with E-state index in [1.54, 1.807) is 6.20 Å². The molecule has 0 aliphatic heterocycles. The average Bonchev–Trinajstić information content (AvgIpc) is 2.30. The summed E-state index contributed by atoms with van der Waals surface area (Å²) in [5.41, 5.74) is 7.53. The Morgan fingerprint density at radius 2 is 2.00 bits per heavy atom. The lowest BCUT2D eigenvalue weighted by Gasteiger charge is -2.21. The third kappa shape index (κ3) is 4.79. The highest BCUT2D eigenvalue weighted by Gasteiger charge is 2.05. The van der Waals surface area contributed by atoms with Crippen LogP contribution in [0.4, 0.5) is 0 Å². The van der Waals surface area contributed by atoms with Crippen LogP contribution in [0.1, 0.15) is 37.9 Å². The quantitative estimate of drug-likeness (QED) is 0.755. The third-order valence-corrected chi connectivity index (χ3v) is 2.77. The number of nitrogens with two attached hydrogens (primary N) is 1. The predicted molar refractivity (Wildman–Crippen MR) is 76.0 cm³/mol. The van der Waals surface area contributed by atoms with Crippen molar-refractivity contribution >= 4 is 17.2 Å². The Bertz CT molecular complexity index is 359. The Morgan fingerprint density at radius 3 is 2.53 bits per heavy atom. The molecule has 0 aliphatic rings. The fraction of sp³-hybridized carbons (Fsp3) is 0.538. The van der Waals surface area contributed by atoms with Crippen molar-refractivity contribution in [3.05, 3.63) is 29.6 Å². The number of aromatic nitrogens is 1. The lowest BCUT2D eigenvalue weighted by Crippen LogP contribution is -2.25. The molecule has 3 nitrogen and oxygen atoms in total. The topological polar surface area (TPSA) is 42.2 Å². The molecular formula is C13H21N3S. The molecule has 0 saturated heterocycles. The third-order valence-electron chi connectivity index (χ3n) is 2.56. The van der Waals surface area contributed by atoms with E-state index in [1.807, 2.05) is 12.1 Å². The molecule has 0 atom stereocenters. The summed E-state index contributed by atoms with van der Waals surface area (Å²) in [6, 6.07) is 4.01. The van der Waals surface area contributed by atoms with E-state index < -0.39 is 0 Å². The number of hydrogen-bond acceptors (Lipinski definition) is 3. The maximum absolute atomic E-state index is 5.59. The highest BCUT2D eigenvalue weighted by Crippen LogP contribution is 2.07. The second-order valence-electron chi connectivity index (χ2n) is 4.19. The monoisotopic (exact) mass is 251 g/mol. The molecule has 0 aliphatic carbocycles. The summed E-state index contributed by atoms with van der Waals surface area (Å²) in [6.07, 6.45) is 4.13. The fourth-order valence-corrected chi connectivity index (χ4v) is 1.98. The van der Waals surface area contributed by atoms with Gasteiger partial charge in [-0.2, -0.15) is 0 Å². The van der Waals surface area contributed by atoms with Crippen molar-refractivity contribution in [2.75, 3.05) is 13.1 Å². The van der Waals surface area contributed by atoms with Crippen LogP contribution < -0.4 is 5.73 Å². The molecule has 0 saturated carbocycles. The van der Waals surface area contributed by atoms with E-state index in [1.165, 1.54) is 18.4 Å². The van der Waals surface area contributed by atoms with Crippen molar-refractivity contribution in [1.82, 2.24) is 9.88 Å². The first-order valence-electron chi connectivity index (χ1n) is 6.14. The largest absolute Gasteiger partial charge is 0.388 e. The molecule has 4 heteroatoms. The molecule has 0 radical (unpaired) electrons. The van der Waals surface area contributed by atoms with Crippen molar-refractivity contribution in [3.63, 3.8) is 0 Å². The summed E-state index contributed by atoms with van der Waals surface area (Å²) in [4.78, 5) is 6.96. The molecule has 94 valence electrons. The molecule has 1 aromatic heterocycles. The number of pyridine rings is 1. The van der Waals surface area contributed by atoms with Crippen molar-refractivity contribution in [3.8, 4) is 0 Å². The van der Waals surface area contributed by atoms with Gasteiger partial charge in [-0.15, -0.1) is 0 Å². The number of hydrogen-bond donors (Lipinski definition) is 1. The van der Waals surface area contributed by atoms with E-state index in [9.17, 15) is 0 Å². The van der Waals surface area contributed by atoms with E-state index in [2.05, 4.69) is 23.7 Å². The van der Waals surface area contributed by atoms with Gasteiger partial charge in [0.2, 0.25) is 0 Å². The smallest absolute Gasteiger partial charge is 0.122 e. The van der Waals surface area contributed by atoms with Gasteiger partial charge in [0.05, 0.1) is 5.69 Å². The first-order valence-corrected chi connectivity index (χ1v) is 6.55. The lowest BCUT2D eigenvalue weighted by molar-refractivity contribution is 0.266. The lowest BCUT2D eigenvalue weighted by atomic mass is 10.2. The molecule has 0 amide bonds. The Balaban J connectivity index is 2.71. The maximum Gasteiger partial charge on any atom is 0.122 e. The zero-order valence-electron chi connectivity index (χ0n) is 10.6. The van der Waals surface area contributed by atoms with E-state index in [4.69, 9.17) is 18.0 Å². The van der Waals surface area contributed by atoms with Crippen LogP contribution in [0.15, 0.2) is 18.3 Å². The minimum Gasteiger partial charge on any atom is -0.388 e. The van der Waals surface area contributed by atoms with Crippen LogP contribution in [0.3, 0.4) is 0 Å². The van der Waals surface area contributed by atoms with E-state index in [-0.39, 0.29) is 0 Å². The van der Waals surface area contributed by atoms with Crippen molar-refractivity contribution in [2.45, 2.75) is 33.2 Å². The molecule has 0 unspecified atom stereocenters. The molecule has 0 spiro atoms. The van der Waals surface area contributed by atoms with Gasteiger partial charge in [-0.3, -0.25) is 9.88 Å². The zero-order valence-corrected chi connectivity index (χ0v) is 11.5. The maximum atomic E-state index is 5.59. The van der Waals surface area contributed by atoms with Gasteiger partial charge < -0.3 is 5.73 Å². The van der Waals surface area contributed by atoms with Gasteiger partial charge in [0, 0.05) is 12.7 Å². The van der Waals surface area contributed by atoms with Crippen molar-refractivity contribution in [2.24, 2.45) is 5.73 Å². The molecule has 2 N–H and O–H groups in total. The molecule has 0 aromatic carbocycles. The second kappa shape index (κ2) is 7.35. The van der Waals surface area contributed by atoms with Crippen molar-refractivity contribution < 1.29 is 0 Å². The Hall–Kier alpha value is -1.00. The number of nitrogens with zero attached hydrogens (tertiary/aromatic N) is 2. The minimum absolute atomic E-state index is 0.365. The standard InChI is InChI=1S/C13H21N3S/c1-3-7-16(8-4-2)10-11-5-6-15-12(9-11)13(14)17/h5-6,9H,3-4,7-8,10H2,1-2H3,(H2,14,17). The SMILES string of the molecule is CCCN(CCC)Cc1ccnc(C(N)=S)c1. The van der Waals surface area contributed by atoms with Crippen LogP contribution in [-0.4, -0.2) is 28.0 Å². The van der Waals surface area contributed by atoms with E-state index in [0.29, 0.717) is 10.7 Å². The van der Waals surface area contributed by atoms with Crippen LogP contribution in [0, 0.1) is 0 Å². The Labute approximate surface area is 109 Å². The molecule has 0 bridgehead atoms. The van der Waals surface area contributed by atoms with Crippen LogP contribution in [0.2, 0.25) is 0 Å². The fourth-order valence-electron chi connectivity index (χ4n) is 1.87. The zero-order chi connectivity index (χ0) is 12.7. The molecule has 1 rings (SSSR count). The summed E-state index contributed by atoms with van der Waals surface area (Å²) in [5, 5.41) is 0. The van der Waals surface area contributed by atoms with E-state index in [0.717, 1.165) is 19.6 Å². The van der Waals surface area contributed by atoms with Gasteiger partial charge in [-0.1, -0.05) is 26.1 Å². The van der Waals surface area contributed by atoms with Gasteiger partial charge in [-0.05, 0) is 43.6 Å². The van der Waals surface area contributed by atoms with Crippen LogP contribution >= 0.6 is 12.2 Å². The summed E-state index contributed by atoms with van der Waals surface area (Å²) < 4.78 is 0. The summed E-state index contributed by atoms with van der Waals surface area (Å²) in [7, 11) is 0. The molecular weight excluding hydrogens is 230 g/mol. The molecule has 1 aromatic rings. The average molecular weight is 251 g/mol. The molecule has 0 fully saturated rings. The van der Waals surface area contributed by atoms with Crippen LogP contribution in [0.5, 0.6) is 0 Å². The van der Waals surface area contributed by atoms with E-state index >= 15 is 0 Å². The predicted octanol–water partition coefficient (Wildman–Crippen LogP) is 2.34. The number of rotatable bonds is 7.